The van der Waals surface area contributed by atoms with E-state index in [0.717, 1.165) is 22.3 Å². The van der Waals surface area contributed by atoms with Crippen molar-refractivity contribution in [3.05, 3.63) is 26.4 Å². The van der Waals surface area contributed by atoms with Crippen LogP contribution in [0.25, 0.3) is 0 Å². The first-order chi connectivity index (χ1) is 9.63. The minimum absolute atomic E-state index is 0.131. The van der Waals surface area contributed by atoms with Crippen molar-refractivity contribution in [3.8, 4) is 0 Å². The molecule has 0 spiro atoms. The Bertz CT molecular complexity index is 635. The normalized spacial score (nSPS) is 14.2. The molecule has 1 aliphatic rings. The van der Waals surface area contributed by atoms with Crippen molar-refractivity contribution in [2.75, 3.05) is 11.1 Å². The maximum absolute atomic E-state index is 12.1. The zero-order valence-electron chi connectivity index (χ0n) is 10.5. The largest absolute Gasteiger partial charge is 0.382 e. The van der Waals surface area contributed by atoms with E-state index in [4.69, 9.17) is 5.73 Å². The van der Waals surface area contributed by atoms with Gasteiger partial charge < -0.3 is 16.4 Å². The first kappa shape index (κ1) is 13.8. The lowest BCUT2D eigenvalue weighted by Crippen LogP contribution is -2.26. The molecule has 1 amide bonds. The number of hydrogen-bond donors (Lipinski definition) is 3. The van der Waals surface area contributed by atoms with Gasteiger partial charge in [0.25, 0.3) is 5.91 Å². The summed E-state index contributed by atoms with van der Waals surface area (Å²) in [5, 5.41) is 8.94. The van der Waals surface area contributed by atoms with E-state index in [-0.39, 0.29) is 5.91 Å². The number of carbonyl (C=O) groups excluding carboxylic acids is 1. The first-order valence-corrected chi connectivity index (χ1v) is 8.61. The first-order valence-electron chi connectivity index (χ1n) is 6.16. The summed E-state index contributed by atoms with van der Waals surface area (Å²) in [6.45, 7) is 0.654. The molecule has 0 atom stereocenters. The highest BCUT2D eigenvalue weighted by molar-refractivity contribution is 9.10. The monoisotopic (exact) mass is 372 g/mol. The second kappa shape index (κ2) is 5.71. The summed E-state index contributed by atoms with van der Waals surface area (Å²) >= 11 is 6.30. The zero-order valence-corrected chi connectivity index (χ0v) is 13.7. The molecule has 2 aromatic heterocycles. The zero-order chi connectivity index (χ0) is 14.1. The van der Waals surface area contributed by atoms with E-state index in [9.17, 15) is 4.79 Å². The molecule has 0 aliphatic heterocycles. The molecule has 106 valence electrons. The Morgan fingerprint density at radius 2 is 2.35 bits per heavy atom. The number of aromatic nitrogens is 1. The molecule has 4 N–H and O–H groups in total. The van der Waals surface area contributed by atoms with E-state index in [1.165, 1.54) is 16.4 Å². The van der Waals surface area contributed by atoms with Crippen molar-refractivity contribution in [1.29, 1.82) is 0 Å². The number of nitrogens with one attached hydrogen (secondary N) is 2. The molecule has 0 saturated heterocycles. The Morgan fingerprint density at radius 1 is 1.55 bits per heavy atom. The molecule has 0 aromatic carbocycles. The Morgan fingerprint density at radius 3 is 3.00 bits per heavy atom. The lowest BCUT2D eigenvalue weighted by molar-refractivity contribution is 0.0953. The predicted octanol–water partition coefficient (Wildman–Crippen LogP) is 3.05. The molecule has 1 saturated carbocycles. The second-order valence-electron chi connectivity index (χ2n) is 4.60. The van der Waals surface area contributed by atoms with Crippen LogP contribution in [0, 0.1) is 0 Å². The number of anilines is 2. The minimum atomic E-state index is -0.131. The molecule has 1 aliphatic carbocycles. The summed E-state index contributed by atoms with van der Waals surface area (Å²) in [4.78, 5) is 13.3. The summed E-state index contributed by atoms with van der Waals surface area (Å²) in [5.41, 5.74) is 6.27. The van der Waals surface area contributed by atoms with Crippen LogP contribution < -0.4 is 16.4 Å². The molecular weight excluding hydrogens is 360 g/mol. The van der Waals surface area contributed by atoms with Crippen LogP contribution in [0.2, 0.25) is 0 Å². The highest BCUT2D eigenvalue weighted by atomic mass is 79.9. The van der Waals surface area contributed by atoms with Gasteiger partial charge in [-0.3, -0.25) is 4.79 Å². The maximum atomic E-state index is 12.1. The Balaban J connectivity index is 1.70. The molecule has 0 bridgehead atoms. The SMILES string of the molecule is Nc1nsc(NCc2cc(Br)cs2)c1C(=O)NC1CC1. The number of amides is 1. The van der Waals surface area contributed by atoms with Crippen molar-refractivity contribution in [1.82, 2.24) is 9.69 Å². The fourth-order valence-electron chi connectivity index (χ4n) is 1.74. The number of rotatable bonds is 5. The van der Waals surface area contributed by atoms with Gasteiger partial charge >= 0.3 is 0 Å². The van der Waals surface area contributed by atoms with Crippen molar-refractivity contribution >= 4 is 55.5 Å². The van der Waals surface area contributed by atoms with Gasteiger partial charge in [-0.05, 0) is 46.4 Å². The van der Waals surface area contributed by atoms with Crippen LogP contribution in [0.15, 0.2) is 15.9 Å². The number of halogens is 1. The Hall–Kier alpha value is -1.12. The molecule has 5 nitrogen and oxygen atoms in total. The maximum Gasteiger partial charge on any atom is 0.258 e. The minimum Gasteiger partial charge on any atom is -0.382 e. The average molecular weight is 373 g/mol. The van der Waals surface area contributed by atoms with Gasteiger partial charge in [-0.25, -0.2) is 0 Å². The summed E-state index contributed by atoms with van der Waals surface area (Å²) in [7, 11) is 0. The van der Waals surface area contributed by atoms with E-state index >= 15 is 0 Å². The van der Waals surface area contributed by atoms with Crippen LogP contribution in [0.3, 0.4) is 0 Å². The van der Waals surface area contributed by atoms with Crippen molar-refractivity contribution < 1.29 is 4.79 Å². The molecule has 0 radical (unpaired) electrons. The summed E-state index contributed by atoms with van der Waals surface area (Å²) in [6.07, 6.45) is 2.10. The number of nitrogen functional groups attached to an aromatic ring is 1. The van der Waals surface area contributed by atoms with Crippen LogP contribution in [0.4, 0.5) is 10.8 Å². The van der Waals surface area contributed by atoms with Gasteiger partial charge in [0, 0.05) is 20.8 Å². The Kier molecular flexibility index (Phi) is 3.95. The molecule has 0 unspecified atom stereocenters. The van der Waals surface area contributed by atoms with Gasteiger partial charge in [0.1, 0.15) is 10.6 Å². The lowest BCUT2D eigenvalue weighted by Gasteiger charge is -2.06. The third-order valence-electron chi connectivity index (χ3n) is 2.90. The molecular formula is C12H13BrN4OS2. The van der Waals surface area contributed by atoms with Gasteiger partial charge in [0.05, 0.1) is 6.54 Å². The summed E-state index contributed by atoms with van der Waals surface area (Å²) < 4.78 is 5.14. The molecule has 3 rings (SSSR count). The van der Waals surface area contributed by atoms with Gasteiger partial charge in [0.15, 0.2) is 5.82 Å². The van der Waals surface area contributed by atoms with Crippen LogP contribution >= 0.6 is 38.8 Å². The van der Waals surface area contributed by atoms with Gasteiger partial charge in [0.2, 0.25) is 0 Å². The van der Waals surface area contributed by atoms with Crippen LogP contribution in [0.5, 0.6) is 0 Å². The fourth-order valence-corrected chi connectivity index (χ4v) is 3.84. The van der Waals surface area contributed by atoms with Crippen molar-refractivity contribution in [2.24, 2.45) is 0 Å². The van der Waals surface area contributed by atoms with E-state index < -0.39 is 0 Å². The van der Waals surface area contributed by atoms with Gasteiger partial charge in [-0.15, -0.1) is 11.3 Å². The van der Waals surface area contributed by atoms with Crippen molar-refractivity contribution in [2.45, 2.75) is 25.4 Å². The van der Waals surface area contributed by atoms with Gasteiger partial charge in [-0.2, -0.15) is 4.37 Å². The second-order valence-corrected chi connectivity index (χ2v) is 7.29. The average Bonchev–Trinajstić information content (AvgIpc) is 2.99. The number of nitrogens with two attached hydrogens (primary N) is 1. The molecule has 8 heteroatoms. The van der Waals surface area contributed by atoms with Crippen molar-refractivity contribution in [3.63, 3.8) is 0 Å². The fraction of sp³-hybridized carbons (Fsp3) is 0.333. The van der Waals surface area contributed by atoms with Gasteiger partial charge in [-0.1, -0.05) is 0 Å². The van der Waals surface area contributed by atoms with E-state index in [1.54, 1.807) is 11.3 Å². The lowest BCUT2D eigenvalue weighted by atomic mass is 10.3. The van der Waals surface area contributed by atoms with Crippen LogP contribution in [-0.2, 0) is 6.54 Å². The quantitative estimate of drug-likeness (QED) is 0.753. The smallest absolute Gasteiger partial charge is 0.258 e. The number of thiophene rings is 1. The number of hydrogen-bond acceptors (Lipinski definition) is 6. The number of carbonyl (C=O) groups is 1. The molecule has 1 fully saturated rings. The highest BCUT2D eigenvalue weighted by Crippen LogP contribution is 2.29. The Labute approximate surface area is 132 Å². The van der Waals surface area contributed by atoms with Crippen LogP contribution in [-0.4, -0.2) is 16.3 Å². The summed E-state index contributed by atoms with van der Waals surface area (Å²) in [6, 6.07) is 2.36. The molecule has 2 aromatic rings. The third kappa shape index (κ3) is 3.13. The molecule has 20 heavy (non-hydrogen) atoms. The third-order valence-corrected chi connectivity index (χ3v) is 5.42. The van der Waals surface area contributed by atoms with Crippen LogP contribution in [0.1, 0.15) is 28.1 Å². The van der Waals surface area contributed by atoms with E-state index in [0.29, 0.717) is 24.0 Å². The molecule has 2 heterocycles. The predicted molar refractivity (Wildman–Crippen MR) is 86.4 cm³/mol. The number of nitrogens with zero attached hydrogens (tertiary/aromatic N) is 1. The highest BCUT2D eigenvalue weighted by Gasteiger charge is 2.27. The standard InChI is InChI=1S/C12H13BrN4OS2/c13-6-3-8(19-5-6)4-15-12-9(10(14)17-20-12)11(18)16-7-1-2-7/h3,5,7,15H,1-2,4H2,(H2,14,17)(H,16,18). The topological polar surface area (TPSA) is 80.0 Å². The van der Waals surface area contributed by atoms with E-state index in [1.807, 2.05) is 11.4 Å². The van der Waals surface area contributed by atoms with E-state index in [2.05, 4.69) is 30.9 Å². The summed E-state index contributed by atoms with van der Waals surface area (Å²) in [5.74, 6) is 0.164.